The summed E-state index contributed by atoms with van der Waals surface area (Å²) in [5, 5.41) is 4.91. The van der Waals surface area contributed by atoms with E-state index >= 15 is 0 Å². The van der Waals surface area contributed by atoms with Gasteiger partial charge in [-0.15, -0.1) is 0 Å². The Labute approximate surface area is 183 Å². The summed E-state index contributed by atoms with van der Waals surface area (Å²) >= 11 is 2.26. The molecule has 0 saturated heterocycles. The highest BCUT2D eigenvalue weighted by atomic mass is 127. The van der Waals surface area contributed by atoms with Gasteiger partial charge in [0.25, 0.3) is 0 Å². The lowest BCUT2D eigenvalue weighted by molar-refractivity contribution is 0.271. The van der Waals surface area contributed by atoms with E-state index in [0.717, 1.165) is 27.2 Å². The van der Waals surface area contributed by atoms with Gasteiger partial charge in [-0.1, -0.05) is 39.0 Å². The van der Waals surface area contributed by atoms with Crippen molar-refractivity contribution < 1.29 is 4.43 Å². The first-order valence-corrected chi connectivity index (χ1v) is 13.7. The van der Waals surface area contributed by atoms with Crippen LogP contribution in [0.2, 0.25) is 18.1 Å². The molecule has 0 amide bonds. The molecule has 150 valence electrons. The number of rotatable bonds is 5. The molecule has 0 atom stereocenters. The summed E-state index contributed by atoms with van der Waals surface area (Å²) in [5.74, 6) is 0. The lowest BCUT2D eigenvalue weighted by atomic mass is 9.99. The monoisotopic (exact) mass is 507 g/mol. The molecule has 0 aliphatic rings. The molecule has 0 radical (unpaired) electrons. The highest BCUT2D eigenvalue weighted by molar-refractivity contribution is 14.1. The van der Waals surface area contributed by atoms with E-state index in [1.165, 1.54) is 16.7 Å². The maximum Gasteiger partial charge on any atom is 0.192 e. The van der Waals surface area contributed by atoms with Crippen LogP contribution in [0.15, 0.2) is 30.3 Å². The van der Waals surface area contributed by atoms with E-state index in [2.05, 4.69) is 88.5 Å². The minimum Gasteiger partial charge on any atom is -0.411 e. The van der Waals surface area contributed by atoms with Gasteiger partial charge in [-0.25, -0.2) is 9.50 Å². The molecule has 0 fully saturated rings. The average molecular weight is 507 g/mol. The lowest BCUT2D eigenvalue weighted by Crippen LogP contribution is -2.40. The maximum atomic E-state index is 6.51. The van der Waals surface area contributed by atoms with Crippen molar-refractivity contribution in [1.82, 2.24) is 14.6 Å². The van der Waals surface area contributed by atoms with Crippen molar-refractivity contribution in [1.29, 1.82) is 0 Å². The van der Waals surface area contributed by atoms with E-state index < -0.39 is 8.32 Å². The molecular weight excluding hydrogens is 477 g/mol. The molecular formula is C22H30IN3OSi. The van der Waals surface area contributed by atoms with Crippen LogP contribution in [0.3, 0.4) is 0 Å². The van der Waals surface area contributed by atoms with Crippen molar-refractivity contribution in [2.24, 2.45) is 0 Å². The Morgan fingerprint density at radius 1 is 1.11 bits per heavy atom. The maximum absolute atomic E-state index is 6.51. The first kappa shape index (κ1) is 21.5. The van der Waals surface area contributed by atoms with Crippen LogP contribution in [0.1, 0.15) is 48.8 Å². The summed E-state index contributed by atoms with van der Waals surface area (Å²) in [4.78, 5) is 4.88. The van der Waals surface area contributed by atoms with Crippen LogP contribution >= 0.6 is 22.6 Å². The first-order valence-electron chi connectivity index (χ1n) is 9.72. The number of halogens is 1. The Bertz CT molecular complexity index is 1000. The Morgan fingerprint density at radius 2 is 1.82 bits per heavy atom. The summed E-state index contributed by atoms with van der Waals surface area (Å²) in [6.07, 6.45) is 0.804. The predicted octanol–water partition coefficient (Wildman–Crippen LogP) is 6.06. The number of aryl methyl sites for hydroxylation is 1. The lowest BCUT2D eigenvalue weighted by Gasteiger charge is -2.36. The van der Waals surface area contributed by atoms with Gasteiger partial charge in [0.05, 0.1) is 18.0 Å². The molecule has 2 heterocycles. The zero-order valence-corrected chi connectivity index (χ0v) is 21.1. The van der Waals surface area contributed by atoms with Crippen molar-refractivity contribution in [3.63, 3.8) is 0 Å². The summed E-state index contributed by atoms with van der Waals surface area (Å²) < 4.78 is 9.46. The average Bonchev–Trinajstić information content (AvgIpc) is 2.93. The van der Waals surface area contributed by atoms with E-state index in [9.17, 15) is 0 Å². The Morgan fingerprint density at radius 3 is 2.50 bits per heavy atom. The molecule has 4 nitrogen and oxygen atoms in total. The molecule has 0 aliphatic carbocycles. The molecule has 1 aromatic carbocycles. The van der Waals surface area contributed by atoms with E-state index in [4.69, 9.17) is 14.5 Å². The molecule has 0 saturated carbocycles. The second kappa shape index (κ2) is 7.87. The fourth-order valence-electron chi connectivity index (χ4n) is 2.94. The zero-order chi connectivity index (χ0) is 20.7. The Kier molecular flexibility index (Phi) is 6.03. The molecule has 0 bridgehead atoms. The van der Waals surface area contributed by atoms with E-state index in [1.54, 1.807) is 0 Å². The normalized spacial score (nSPS) is 12.7. The van der Waals surface area contributed by atoms with Crippen molar-refractivity contribution in [2.45, 2.75) is 65.8 Å². The number of hydrogen-bond donors (Lipinski definition) is 0. The summed E-state index contributed by atoms with van der Waals surface area (Å²) in [7, 11) is -1.85. The van der Waals surface area contributed by atoms with Gasteiger partial charge in [-0.3, -0.25) is 0 Å². The van der Waals surface area contributed by atoms with Crippen LogP contribution in [0.5, 0.6) is 0 Å². The largest absolute Gasteiger partial charge is 0.411 e. The molecule has 0 unspecified atom stereocenters. The highest BCUT2D eigenvalue weighted by Crippen LogP contribution is 2.37. The topological polar surface area (TPSA) is 39.4 Å². The number of benzene rings is 1. The van der Waals surface area contributed by atoms with Crippen LogP contribution in [-0.4, -0.2) is 22.9 Å². The molecule has 3 aromatic rings. The fourth-order valence-corrected chi connectivity index (χ4v) is 4.27. The van der Waals surface area contributed by atoms with Crippen molar-refractivity contribution in [2.75, 3.05) is 0 Å². The second-order valence-electron chi connectivity index (χ2n) is 9.02. The summed E-state index contributed by atoms with van der Waals surface area (Å²) in [5.41, 5.74) is 6.97. The SMILES string of the molecule is Cc1cccc(Cc2c(CO[Si](C)(C)C(C)(C)C)nc3ccc(I)nn23)c1C. The van der Waals surface area contributed by atoms with Crippen molar-refractivity contribution in [3.05, 3.63) is 62.1 Å². The minimum absolute atomic E-state index is 0.174. The quantitative estimate of drug-likeness (QED) is 0.311. The third-order valence-electron chi connectivity index (χ3n) is 6.07. The molecule has 0 spiro atoms. The van der Waals surface area contributed by atoms with Crippen LogP contribution in [0.25, 0.3) is 5.65 Å². The third-order valence-corrected chi connectivity index (χ3v) is 11.1. The van der Waals surface area contributed by atoms with Gasteiger partial charge in [0.2, 0.25) is 0 Å². The van der Waals surface area contributed by atoms with E-state index in [0.29, 0.717) is 6.61 Å². The summed E-state index contributed by atoms with van der Waals surface area (Å²) in [6, 6.07) is 10.5. The number of hydrogen-bond acceptors (Lipinski definition) is 3. The Balaban J connectivity index is 2.03. The van der Waals surface area contributed by atoms with Gasteiger partial charge in [-0.2, -0.15) is 5.10 Å². The number of aromatic nitrogens is 3. The summed E-state index contributed by atoms with van der Waals surface area (Å²) in [6.45, 7) is 16.3. The van der Waals surface area contributed by atoms with Gasteiger partial charge in [0.15, 0.2) is 14.0 Å². The van der Waals surface area contributed by atoms with Crippen LogP contribution in [0.4, 0.5) is 0 Å². The minimum atomic E-state index is -1.85. The molecule has 0 N–H and O–H groups in total. The number of imidazole rings is 1. The third kappa shape index (κ3) is 4.33. The van der Waals surface area contributed by atoms with E-state index in [1.807, 2.05) is 16.6 Å². The van der Waals surface area contributed by atoms with Crippen LogP contribution in [0, 0.1) is 17.5 Å². The Hall–Kier alpha value is -1.25. The van der Waals surface area contributed by atoms with Gasteiger partial charge in [0, 0.05) is 6.42 Å². The smallest absolute Gasteiger partial charge is 0.192 e. The highest BCUT2D eigenvalue weighted by Gasteiger charge is 2.37. The van der Waals surface area contributed by atoms with Crippen LogP contribution in [-0.2, 0) is 17.5 Å². The molecule has 6 heteroatoms. The van der Waals surface area contributed by atoms with Gasteiger partial charge >= 0.3 is 0 Å². The fraction of sp³-hybridized carbons (Fsp3) is 0.455. The van der Waals surface area contributed by atoms with Crippen molar-refractivity contribution in [3.8, 4) is 0 Å². The second-order valence-corrected chi connectivity index (χ2v) is 14.9. The number of fused-ring (bicyclic) bond motifs is 1. The predicted molar refractivity (Wildman–Crippen MR) is 126 cm³/mol. The molecule has 0 aliphatic heterocycles. The van der Waals surface area contributed by atoms with Gasteiger partial charge in [0.1, 0.15) is 3.70 Å². The van der Waals surface area contributed by atoms with Gasteiger partial charge in [-0.05, 0) is 83.4 Å². The van der Waals surface area contributed by atoms with Crippen molar-refractivity contribution >= 4 is 36.6 Å². The van der Waals surface area contributed by atoms with Gasteiger partial charge < -0.3 is 4.43 Å². The first-order chi connectivity index (χ1) is 13.0. The standard InChI is InChI=1S/C22H30IN3OSi/c1-15-9-8-10-17(16(15)2)13-19-18(14-27-28(6,7)22(3,4)5)24-21-12-11-20(23)25-26(19)21/h8-12H,13-14H2,1-7H3. The zero-order valence-electron chi connectivity index (χ0n) is 17.9. The number of nitrogens with zero attached hydrogens (tertiary/aromatic N) is 3. The molecule has 3 rings (SSSR count). The molecule has 28 heavy (non-hydrogen) atoms. The van der Waals surface area contributed by atoms with Crippen LogP contribution < -0.4 is 0 Å². The van der Waals surface area contributed by atoms with E-state index in [-0.39, 0.29) is 5.04 Å². The molecule has 2 aromatic heterocycles.